The summed E-state index contributed by atoms with van der Waals surface area (Å²) in [4.78, 5) is 25.9. The maximum absolute atomic E-state index is 11.3. The first-order valence-corrected chi connectivity index (χ1v) is 6.99. The lowest BCUT2D eigenvalue weighted by Gasteiger charge is -2.14. The number of benzene rings is 1. The molecule has 7 heteroatoms. The van der Waals surface area contributed by atoms with Crippen LogP contribution in [-0.2, 0) is 6.54 Å². The van der Waals surface area contributed by atoms with Gasteiger partial charge in [0.15, 0.2) is 0 Å². The quantitative estimate of drug-likeness (QED) is 0.776. The van der Waals surface area contributed by atoms with Crippen LogP contribution in [0.3, 0.4) is 0 Å². The second kappa shape index (κ2) is 6.27. The molecule has 2 aromatic heterocycles. The van der Waals surface area contributed by atoms with Crippen molar-refractivity contribution >= 4 is 11.9 Å². The van der Waals surface area contributed by atoms with E-state index in [2.05, 4.69) is 15.0 Å². The topological polar surface area (TPSA) is 84.1 Å². The number of para-hydroxylation sites is 1. The SMILES string of the molecule is CN(Cc1cn(-c2ccccc2C(=O)O)cn1)c1ncccn1. The Hall–Kier alpha value is -3.22. The third kappa shape index (κ3) is 3.18. The van der Waals surface area contributed by atoms with Crippen molar-refractivity contribution in [1.29, 1.82) is 0 Å². The smallest absolute Gasteiger partial charge is 0.337 e. The van der Waals surface area contributed by atoms with Crippen LogP contribution in [-0.4, -0.2) is 37.6 Å². The highest BCUT2D eigenvalue weighted by molar-refractivity contribution is 5.91. The second-order valence-electron chi connectivity index (χ2n) is 5.00. The van der Waals surface area contributed by atoms with E-state index >= 15 is 0 Å². The third-order valence-corrected chi connectivity index (χ3v) is 3.34. The largest absolute Gasteiger partial charge is 0.478 e. The van der Waals surface area contributed by atoms with Crippen molar-refractivity contribution in [2.24, 2.45) is 0 Å². The Morgan fingerprint density at radius 3 is 2.65 bits per heavy atom. The van der Waals surface area contributed by atoms with Crippen LogP contribution in [0.4, 0.5) is 5.95 Å². The van der Waals surface area contributed by atoms with Crippen molar-refractivity contribution in [2.75, 3.05) is 11.9 Å². The zero-order valence-corrected chi connectivity index (χ0v) is 12.5. The van der Waals surface area contributed by atoms with Crippen LogP contribution in [0.25, 0.3) is 5.69 Å². The van der Waals surface area contributed by atoms with E-state index in [1.54, 1.807) is 59.8 Å². The highest BCUT2D eigenvalue weighted by Gasteiger charge is 2.12. The number of aromatic carboxylic acids is 1. The Balaban J connectivity index is 1.83. The van der Waals surface area contributed by atoms with Gasteiger partial charge in [-0.05, 0) is 18.2 Å². The fraction of sp³-hybridized carbons (Fsp3) is 0.125. The molecule has 0 saturated carbocycles. The van der Waals surface area contributed by atoms with Gasteiger partial charge in [-0.3, -0.25) is 0 Å². The maximum atomic E-state index is 11.3. The van der Waals surface area contributed by atoms with Crippen molar-refractivity contribution in [2.45, 2.75) is 6.54 Å². The van der Waals surface area contributed by atoms with Gasteiger partial charge in [0.25, 0.3) is 0 Å². The van der Waals surface area contributed by atoms with Crippen LogP contribution in [0.5, 0.6) is 0 Å². The summed E-state index contributed by atoms with van der Waals surface area (Å²) in [6.07, 6.45) is 6.78. The number of imidazole rings is 1. The molecule has 0 amide bonds. The van der Waals surface area contributed by atoms with Crippen LogP contribution in [0, 0.1) is 0 Å². The number of hydrogen-bond donors (Lipinski definition) is 1. The van der Waals surface area contributed by atoms with Crippen LogP contribution < -0.4 is 4.90 Å². The molecule has 1 N–H and O–H groups in total. The highest BCUT2D eigenvalue weighted by Crippen LogP contribution is 2.16. The predicted octanol–water partition coefficient (Wildman–Crippen LogP) is 2.00. The third-order valence-electron chi connectivity index (χ3n) is 3.34. The molecule has 0 aliphatic heterocycles. The molecule has 0 bridgehead atoms. The molecule has 0 aliphatic carbocycles. The minimum Gasteiger partial charge on any atom is -0.478 e. The molecule has 0 spiro atoms. The molecule has 116 valence electrons. The predicted molar refractivity (Wildman–Crippen MR) is 84.7 cm³/mol. The molecule has 0 radical (unpaired) electrons. The molecule has 1 aromatic carbocycles. The molecule has 0 aliphatic rings. The first-order valence-electron chi connectivity index (χ1n) is 6.99. The average molecular weight is 309 g/mol. The number of carbonyl (C=O) groups is 1. The minimum absolute atomic E-state index is 0.233. The van der Waals surface area contributed by atoms with Crippen molar-refractivity contribution in [3.05, 3.63) is 66.5 Å². The summed E-state index contributed by atoms with van der Waals surface area (Å²) in [5, 5.41) is 9.27. The molecule has 0 saturated heterocycles. The monoisotopic (exact) mass is 309 g/mol. The van der Waals surface area contributed by atoms with Crippen LogP contribution in [0.1, 0.15) is 16.1 Å². The standard InChI is InChI=1S/C16H15N5O2/c1-20(16-17-7-4-8-18-16)9-12-10-21(11-19-12)14-6-3-2-5-13(14)15(22)23/h2-8,10-11H,9H2,1H3,(H,22,23). The molecule has 0 unspecified atom stereocenters. The average Bonchev–Trinajstić information content (AvgIpc) is 3.04. The second-order valence-corrected chi connectivity index (χ2v) is 5.00. The number of anilines is 1. The Bertz CT molecular complexity index is 816. The fourth-order valence-electron chi connectivity index (χ4n) is 2.26. The fourth-order valence-corrected chi connectivity index (χ4v) is 2.26. The summed E-state index contributed by atoms with van der Waals surface area (Å²) in [6, 6.07) is 8.58. The minimum atomic E-state index is -0.967. The lowest BCUT2D eigenvalue weighted by Crippen LogP contribution is -2.19. The first kappa shape index (κ1) is 14.7. The Labute approximate surface area is 132 Å². The normalized spacial score (nSPS) is 10.5. The number of nitrogens with zero attached hydrogens (tertiary/aromatic N) is 5. The molecule has 0 fully saturated rings. The van der Waals surface area contributed by atoms with Gasteiger partial charge < -0.3 is 14.6 Å². The van der Waals surface area contributed by atoms with Gasteiger partial charge in [0.2, 0.25) is 5.95 Å². The number of carboxylic acid groups (broad SMARTS) is 1. The van der Waals surface area contributed by atoms with E-state index < -0.39 is 5.97 Å². The summed E-state index contributed by atoms with van der Waals surface area (Å²) < 4.78 is 1.71. The van der Waals surface area contributed by atoms with E-state index in [-0.39, 0.29) is 5.56 Å². The van der Waals surface area contributed by atoms with Crippen LogP contribution in [0.15, 0.2) is 55.2 Å². The number of hydrogen-bond acceptors (Lipinski definition) is 5. The summed E-state index contributed by atoms with van der Waals surface area (Å²) >= 11 is 0. The first-order chi connectivity index (χ1) is 11.1. The molecule has 3 aromatic rings. The lowest BCUT2D eigenvalue weighted by atomic mass is 10.2. The van der Waals surface area contributed by atoms with Gasteiger partial charge in [-0.1, -0.05) is 12.1 Å². The van der Waals surface area contributed by atoms with Crippen molar-refractivity contribution in [3.63, 3.8) is 0 Å². The Morgan fingerprint density at radius 2 is 1.91 bits per heavy atom. The van der Waals surface area contributed by atoms with Crippen molar-refractivity contribution in [1.82, 2.24) is 19.5 Å². The highest BCUT2D eigenvalue weighted by atomic mass is 16.4. The van der Waals surface area contributed by atoms with Gasteiger partial charge in [0, 0.05) is 25.6 Å². The number of rotatable bonds is 5. The van der Waals surface area contributed by atoms with E-state index in [0.717, 1.165) is 5.69 Å². The van der Waals surface area contributed by atoms with Gasteiger partial charge in [0.05, 0.1) is 29.8 Å². The van der Waals surface area contributed by atoms with Gasteiger partial charge in [-0.25, -0.2) is 19.7 Å². The van der Waals surface area contributed by atoms with Gasteiger partial charge in [-0.15, -0.1) is 0 Å². The van der Waals surface area contributed by atoms with Crippen molar-refractivity contribution < 1.29 is 9.90 Å². The molecular formula is C16H15N5O2. The van der Waals surface area contributed by atoms with Crippen LogP contribution >= 0.6 is 0 Å². The summed E-state index contributed by atoms with van der Waals surface area (Å²) in [7, 11) is 1.87. The zero-order valence-electron chi connectivity index (χ0n) is 12.5. The van der Waals surface area contributed by atoms with Crippen molar-refractivity contribution in [3.8, 4) is 5.69 Å². The Kier molecular flexibility index (Phi) is 4.01. The molecule has 0 atom stereocenters. The number of carboxylic acids is 1. The van der Waals surface area contributed by atoms with E-state index in [4.69, 9.17) is 0 Å². The summed E-state index contributed by atoms with van der Waals surface area (Å²) in [5.74, 6) is -0.362. The summed E-state index contributed by atoms with van der Waals surface area (Å²) in [6.45, 7) is 0.520. The molecule has 23 heavy (non-hydrogen) atoms. The van der Waals surface area contributed by atoms with Gasteiger partial charge in [-0.2, -0.15) is 0 Å². The molecular weight excluding hydrogens is 294 g/mol. The lowest BCUT2D eigenvalue weighted by molar-refractivity contribution is 0.0697. The number of aromatic nitrogens is 4. The molecule has 7 nitrogen and oxygen atoms in total. The summed E-state index contributed by atoms with van der Waals surface area (Å²) in [5.41, 5.74) is 1.61. The molecule has 3 rings (SSSR count). The van der Waals surface area contributed by atoms with E-state index in [1.807, 2.05) is 11.9 Å². The Morgan fingerprint density at radius 1 is 1.17 bits per heavy atom. The van der Waals surface area contributed by atoms with E-state index in [9.17, 15) is 9.90 Å². The van der Waals surface area contributed by atoms with Gasteiger partial charge in [0.1, 0.15) is 0 Å². The molecule has 2 heterocycles. The van der Waals surface area contributed by atoms with Crippen LogP contribution in [0.2, 0.25) is 0 Å². The van der Waals surface area contributed by atoms with E-state index in [0.29, 0.717) is 18.2 Å². The zero-order chi connectivity index (χ0) is 16.2. The van der Waals surface area contributed by atoms with E-state index in [1.165, 1.54) is 0 Å². The maximum Gasteiger partial charge on any atom is 0.337 e. The van der Waals surface area contributed by atoms with Gasteiger partial charge >= 0.3 is 5.97 Å².